The van der Waals surface area contributed by atoms with E-state index in [1.807, 2.05) is 16.1 Å². The van der Waals surface area contributed by atoms with Gasteiger partial charge in [0.05, 0.1) is 0 Å². The molecule has 2 heterocycles. The molecule has 1 aromatic rings. The van der Waals surface area contributed by atoms with Crippen molar-refractivity contribution in [2.75, 3.05) is 17.7 Å². The summed E-state index contributed by atoms with van der Waals surface area (Å²) in [4.78, 5) is 39.3. The second-order valence-electron chi connectivity index (χ2n) is 7.59. The minimum Gasteiger partial charge on any atom is -0.339 e. The molecule has 4 rings (SSSR count). The Morgan fingerprint density at radius 3 is 2.67 bits per heavy atom. The molecule has 1 atom stereocenters. The number of carbonyl (C=O) groups excluding carboxylic acids is 2. The van der Waals surface area contributed by atoms with E-state index in [1.165, 1.54) is 11.8 Å². The van der Waals surface area contributed by atoms with Crippen molar-refractivity contribution in [2.24, 2.45) is 5.92 Å². The Kier molecular flexibility index (Phi) is 5.73. The molecule has 27 heavy (non-hydrogen) atoms. The van der Waals surface area contributed by atoms with Crippen LogP contribution in [0.5, 0.6) is 0 Å². The predicted octanol–water partition coefficient (Wildman–Crippen LogP) is 3.38. The maximum absolute atomic E-state index is 13.6. The largest absolute Gasteiger partial charge is 0.339 e. The number of alkyl halides is 1. The van der Waals surface area contributed by atoms with Crippen molar-refractivity contribution >= 4 is 45.3 Å². The van der Waals surface area contributed by atoms with Crippen molar-refractivity contribution in [1.29, 1.82) is 0 Å². The van der Waals surface area contributed by atoms with E-state index in [1.54, 1.807) is 6.20 Å². The first-order valence-corrected chi connectivity index (χ1v) is 12.1. The van der Waals surface area contributed by atoms with Gasteiger partial charge in [-0.3, -0.25) is 14.5 Å². The van der Waals surface area contributed by atoms with Gasteiger partial charge in [0.2, 0.25) is 11.8 Å². The monoisotopic (exact) mass is 452 g/mol. The van der Waals surface area contributed by atoms with Crippen molar-refractivity contribution < 1.29 is 9.59 Å². The highest BCUT2D eigenvalue weighted by molar-refractivity contribution is 9.08. The zero-order chi connectivity index (χ0) is 19.0. The summed E-state index contributed by atoms with van der Waals surface area (Å²) < 4.78 is 0. The second-order valence-corrected chi connectivity index (χ2v) is 8.92. The summed E-state index contributed by atoms with van der Waals surface area (Å²) in [5.41, 5.74) is 0.901. The molecular weight excluding hydrogens is 428 g/mol. The molecule has 0 bridgehead atoms. The maximum atomic E-state index is 13.6. The van der Waals surface area contributed by atoms with Crippen LogP contribution >= 0.6 is 27.7 Å². The first-order chi connectivity index (χ1) is 13.1. The molecule has 0 radical (unpaired) electrons. The number of amides is 2. The normalized spacial score (nSPS) is 23.3. The Balaban J connectivity index is 1.67. The number of halogens is 1. The van der Waals surface area contributed by atoms with Crippen molar-refractivity contribution in [2.45, 2.75) is 67.5 Å². The maximum Gasteiger partial charge on any atom is 0.241 e. The van der Waals surface area contributed by atoms with Crippen LogP contribution in [-0.2, 0) is 14.9 Å². The quantitative estimate of drug-likeness (QED) is 0.286. The number of carbonyl (C=O) groups is 2. The van der Waals surface area contributed by atoms with Crippen LogP contribution in [0.1, 0.15) is 50.5 Å². The number of hydrogen-bond acceptors (Lipinski definition) is 5. The molecule has 6 nitrogen and oxygen atoms in total. The molecule has 2 amide bonds. The zero-order valence-corrected chi connectivity index (χ0v) is 18.0. The Morgan fingerprint density at radius 2 is 2.04 bits per heavy atom. The van der Waals surface area contributed by atoms with Gasteiger partial charge < -0.3 is 4.90 Å². The van der Waals surface area contributed by atoms with Gasteiger partial charge in [-0.2, -0.15) is 0 Å². The summed E-state index contributed by atoms with van der Waals surface area (Å²) in [5.74, 6) is 0.0795. The first kappa shape index (κ1) is 19.2. The standard InChI is InChI=1S/C19H25BrN4O2S/c1-27-19-21-11-12(10-20)16(22-19)24(14-4-2-3-5-14)18(26)15-8-9-23(17(15)25)13-6-7-13/h11,13-15H,2-10H2,1H3. The summed E-state index contributed by atoms with van der Waals surface area (Å²) in [6, 6.07) is 0.498. The predicted molar refractivity (Wildman–Crippen MR) is 109 cm³/mol. The van der Waals surface area contributed by atoms with Gasteiger partial charge in [0.15, 0.2) is 5.16 Å². The highest BCUT2D eigenvalue weighted by Crippen LogP contribution is 2.37. The van der Waals surface area contributed by atoms with Crippen LogP contribution < -0.4 is 4.90 Å². The minimum atomic E-state index is -0.554. The van der Waals surface area contributed by atoms with Crippen LogP contribution in [0.2, 0.25) is 0 Å². The smallest absolute Gasteiger partial charge is 0.241 e. The van der Waals surface area contributed by atoms with Crippen LogP contribution in [0, 0.1) is 5.92 Å². The third-order valence-corrected chi connectivity index (χ3v) is 6.99. The molecule has 3 fully saturated rings. The third kappa shape index (κ3) is 3.75. The van der Waals surface area contributed by atoms with E-state index in [2.05, 4.69) is 20.9 Å². The summed E-state index contributed by atoms with van der Waals surface area (Å²) >= 11 is 4.98. The number of likely N-dealkylation sites (tertiary alicyclic amines) is 1. The number of anilines is 1. The number of hydrogen-bond donors (Lipinski definition) is 0. The van der Waals surface area contributed by atoms with E-state index >= 15 is 0 Å². The molecule has 1 unspecified atom stereocenters. The number of aromatic nitrogens is 2. The molecule has 8 heteroatoms. The fourth-order valence-electron chi connectivity index (χ4n) is 4.25. The second kappa shape index (κ2) is 8.07. The van der Waals surface area contributed by atoms with Gasteiger partial charge in [-0.25, -0.2) is 9.97 Å². The van der Waals surface area contributed by atoms with Crippen molar-refractivity contribution in [3.05, 3.63) is 11.8 Å². The van der Waals surface area contributed by atoms with Gasteiger partial charge >= 0.3 is 0 Å². The zero-order valence-electron chi connectivity index (χ0n) is 15.6. The average Bonchev–Trinajstić information content (AvgIpc) is 3.24. The molecule has 0 aromatic carbocycles. The van der Waals surface area contributed by atoms with E-state index in [4.69, 9.17) is 4.98 Å². The van der Waals surface area contributed by atoms with Crippen LogP contribution in [-0.4, -0.2) is 51.6 Å². The Morgan fingerprint density at radius 1 is 1.30 bits per heavy atom. The lowest BCUT2D eigenvalue weighted by molar-refractivity contribution is -0.137. The Labute approximate surface area is 172 Å². The van der Waals surface area contributed by atoms with Crippen LogP contribution in [0.25, 0.3) is 0 Å². The lowest BCUT2D eigenvalue weighted by atomic mass is 10.0. The van der Waals surface area contributed by atoms with Crippen molar-refractivity contribution in [3.63, 3.8) is 0 Å². The van der Waals surface area contributed by atoms with Gasteiger partial charge in [-0.05, 0) is 38.4 Å². The molecule has 1 saturated heterocycles. The van der Waals surface area contributed by atoms with Crippen molar-refractivity contribution in [1.82, 2.24) is 14.9 Å². The van der Waals surface area contributed by atoms with Crippen molar-refractivity contribution in [3.8, 4) is 0 Å². The molecule has 1 aromatic heterocycles. The van der Waals surface area contributed by atoms with Gasteiger partial charge in [-0.15, -0.1) is 0 Å². The first-order valence-electron chi connectivity index (χ1n) is 9.73. The van der Waals surface area contributed by atoms with Gasteiger partial charge in [0, 0.05) is 35.7 Å². The SMILES string of the molecule is CSc1ncc(CBr)c(N(C(=O)C2CCN(C3CC3)C2=O)C2CCCC2)n1. The number of nitrogens with zero attached hydrogens (tertiary/aromatic N) is 4. The third-order valence-electron chi connectivity index (χ3n) is 5.83. The summed E-state index contributed by atoms with van der Waals surface area (Å²) in [6.07, 6.45) is 10.7. The van der Waals surface area contributed by atoms with Gasteiger partial charge in [0.1, 0.15) is 11.7 Å². The van der Waals surface area contributed by atoms with Crippen LogP contribution in [0.4, 0.5) is 5.82 Å². The number of rotatable bonds is 6. The van der Waals surface area contributed by atoms with Crippen LogP contribution in [0.15, 0.2) is 11.4 Å². The summed E-state index contributed by atoms with van der Waals surface area (Å²) in [5, 5.41) is 1.24. The van der Waals surface area contributed by atoms with E-state index in [0.29, 0.717) is 35.3 Å². The lowest BCUT2D eigenvalue weighted by Crippen LogP contribution is -2.46. The topological polar surface area (TPSA) is 66.4 Å². The average molecular weight is 453 g/mol. The molecule has 2 aliphatic carbocycles. The van der Waals surface area contributed by atoms with E-state index < -0.39 is 5.92 Å². The van der Waals surface area contributed by atoms with Gasteiger partial charge in [-0.1, -0.05) is 40.5 Å². The summed E-state index contributed by atoms with van der Waals surface area (Å²) in [7, 11) is 0. The van der Waals surface area contributed by atoms with Crippen LogP contribution in [0.3, 0.4) is 0 Å². The highest BCUT2D eigenvalue weighted by Gasteiger charge is 2.46. The Bertz CT molecular complexity index is 736. The molecular formula is C19H25BrN4O2S. The Hall–Kier alpha value is -1.15. The summed E-state index contributed by atoms with van der Waals surface area (Å²) in [6.45, 7) is 0.712. The van der Waals surface area contributed by atoms with E-state index in [9.17, 15) is 9.59 Å². The number of thioether (sulfide) groups is 1. The molecule has 0 spiro atoms. The van der Waals surface area contributed by atoms with E-state index in [0.717, 1.165) is 44.1 Å². The molecule has 0 N–H and O–H groups in total. The molecule has 3 aliphatic rings. The van der Waals surface area contributed by atoms with Gasteiger partial charge in [0.25, 0.3) is 0 Å². The lowest BCUT2D eigenvalue weighted by Gasteiger charge is -2.31. The molecule has 146 valence electrons. The fourth-order valence-corrected chi connectivity index (χ4v) is 4.98. The molecule has 2 saturated carbocycles. The molecule has 1 aliphatic heterocycles. The highest BCUT2D eigenvalue weighted by atomic mass is 79.9. The fraction of sp³-hybridized carbons (Fsp3) is 0.684. The minimum absolute atomic E-state index is 0.0186. The van der Waals surface area contributed by atoms with E-state index in [-0.39, 0.29) is 17.9 Å².